The Hall–Kier alpha value is -0.820. The molecule has 1 aromatic rings. The monoisotopic (exact) mass is 333 g/mol. The first-order chi connectivity index (χ1) is 9.72. The Bertz CT molecular complexity index is 561. The summed E-state index contributed by atoms with van der Waals surface area (Å²) < 4.78 is 28.3. The minimum Gasteiger partial charge on any atom is -0.314 e. The Balaban J connectivity index is 2.61. The average molecular weight is 334 g/mol. The molecule has 0 saturated heterocycles. The topological polar surface area (TPSA) is 61.4 Å². The van der Waals surface area contributed by atoms with E-state index < -0.39 is 10.2 Å². The number of anilines is 1. The van der Waals surface area contributed by atoms with Crippen molar-refractivity contribution in [1.82, 2.24) is 9.62 Å². The highest BCUT2D eigenvalue weighted by molar-refractivity contribution is 7.90. The molecular weight excluding hydrogens is 310 g/mol. The van der Waals surface area contributed by atoms with Gasteiger partial charge in [-0.1, -0.05) is 31.5 Å². The number of hydrogen-bond acceptors (Lipinski definition) is 3. The van der Waals surface area contributed by atoms with Crippen LogP contribution in [0, 0.1) is 6.92 Å². The van der Waals surface area contributed by atoms with E-state index in [1.807, 2.05) is 13.0 Å². The molecule has 0 spiro atoms. The summed E-state index contributed by atoms with van der Waals surface area (Å²) in [6, 6.07) is 5.63. The van der Waals surface area contributed by atoms with Crippen molar-refractivity contribution in [1.29, 1.82) is 0 Å². The van der Waals surface area contributed by atoms with E-state index >= 15 is 0 Å². The number of halogens is 1. The fraction of sp³-hybridized carbons (Fsp3) is 0.571. The summed E-state index contributed by atoms with van der Waals surface area (Å²) in [5.41, 5.74) is 1.35. The van der Waals surface area contributed by atoms with Gasteiger partial charge in [-0.3, -0.25) is 4.72 Å². The molecule has 0 atom stereocenters. The van der Waals surface area contributed by atoms with E-state index in [9.17, 15) is 8.42 Å². The second-order valence-electron chi connectivity index (χ2n) is 5.37. The molecule has 0 aromatic heterocycles. The van der Waals surface area contributed by atoms with Gasteiger partial charge >= 0.3 is 10.2 Å². The highest BCUT2D eigenvalue weighted by Crippen LogP contribution is 2.24. The van der Waals surface area contributed by atoms with Gasteiger partial charge in [0, 0.05) is 19.6 Å². The maximum atomic E-state index is 12.2. The predicted octanol–water partition coefficient (Wildman–Crippen LogP) is 2.63. The average Bonchev–Trinajstić information content (AvgIpc) is 2.38. The van der Waals surface area contributed by atoms with Crippen LogP contribution in [-0.4, -0.2) is 38.9 Å². The summed E-state index contributed by atoms with van der Waals surface area (Å²) >= 11 is 6.01. The van der Waals surface area contributed by atoms with Crippen LogP contribution in [0.5, 0.6) is 0 Å². The minimum atomic E-state index is -3.58. The lowest BCUT2D eigenvalue weighted by Crippen LogP contribution is -2.35. The van der Waals surface area contributed by atoms with Crippen molar-refractivity contribution < 1.29 is 8.42 Å². The molecule has 1 rings (SSSR count). The van der Waals surface area contributed by atoms with E-state index in [0.29, 0.717) is 23.3 Å². The van der Waals surface area contributed by atoms with Gasteiger partial charge in [-0.15, -0.1) is 0 Å². The molecule has 0 saturated carbocycles. The molecule has 0 aliphatic carbocycles. The smallest absolute Gasteiger partial charge is 0.301 e. The van der Waals surface area contributed by atoms with Crippen molar-refractivity contribution in [3.05, 3.63) is 28.8 Å². The summed E-state index contributed by atoms with van der Waals surface area (Å²) in [6.45, 7) is 7.22. The third-order valence-electron chi connectivity index (χ3n) is 2.97. The van der Waals surface area contributed by atoms with Crippen LogP contribution in [0.25, 0.3) is 0 Å². The van der Waals surface area contributed by atoms with Gasteiger partial charge in [0.2, 0.25) is 0 Å². The molecule has 0 unspecified atom stereocenters. The zero-order chi connectivity index (χ0) is 16.0. The minimum absolute atomic E-state index is 0.388. The van der Waals surface area contributed by atoms with E-state index in [0.717, 1.165) is 18.5 Å². The Morgan fingerprint density at radius 3 is 2.62 bits per heavy atom. The van der Waals surface area contributed by atoms with E-state index in [1.54, 1.807) is 19.2 Å². The largest absolute Gasteiger partial charge is 0.314 e. The fourth-order valence-corrected chi connectivity index (χ4v) is 2.94. The molecule has 0 fully saturated rings. The van der Waals surface area contributed by atoms with Gasteiger partial charge in [0.05, 0.1) is 10.7 Å². The molecule has 0 bridgehead atoms. The van der Waals surface area contributed by atoms with Crippen molar-refractivity contribution in [3.63, 3.8) is 0 Å². The zero-order valence-electron chi connectivity index (χ0n) is 13.0. The maximum Gasteiger partial charge on any atom is 0.301 e. The molecule has 0 aliphatic heterocycles. The first-order valence-electron chi connectivity index (χ1n) is 6.96. The Labute approximate surface area is 132 Å². The molecule has 5 nitrogen and oxygen atoms in total. The van der Waals surface area contributed by atoms with Crippen LogP contribution in [-0.2, 0) is 10.2 Å². The molecule has 0 heterocycles. The normalized spacial score (nSPS) is 12.1. The molecular formula is C14H24ClN3O2S. The number of nitrogens with zero attached hydrogens (tertiary/aromatic N) is 1. The SMILES string of the molecule is Cc1ccc(Cl)c(NS(=O)(=O)N(C)CCCNC(C)C)c1. The highest BCUT2D eigenvalue weighted by Gasteiger charge is 2.18. The van der Waals surface area contributed by atoms with Crippen LogP contribution in [0.15, 0.2) is 18.2 Å². The molecule has 21 heavy (non-hydrogen) atoms. The van der Waals surface area contributed by atoms with Crippen molar-refractivity contribution in [2.45, 2.75) is 33.2 Å². The number of benzene rings is 1. The van der Waals surface area contributed by atoms with Crippen LogP contribution in [0.2, 0.25) is 5.02 Å². The standard InChI is InChI=1S/C14H24ClN3O2S/c1-11(2)16-8-5-9-18(4)21(19,20)17-14-10-12(3)6-7-13(14)15/h6-7,10-11,16-17H,5,8-9H2,1-4H3. The second kappa shape index (κ2) is 7.98. The van der Waals surface area contributed by atoms with Gasteiger partial charge in [-0.05, 0) is 37.6 Å². The van der Waals surface area contributed by atoms with Crippen molar-refractivity contribution in [2.75, 3.05) is 24.9 Å². The van der Waals surface area contributed by atoms with Gasteiger partial charge in [-0.2, -0.15) is 12.7 Å². The summed E-state index contributed by atoms with van der Waals surface area (Å²) in [5, 5.41) is 3.64. The molecule has 0 aliphatic rings. The van der Waals surface area contributed by atoms with Gasteiger partial charge < -0.3 is 5.32 Å². The highest BCUT2D eigenvalue weighted by atomic mass is 35.5. The van der Waals surface area contributed by atoms with Crippen molar-refractivity contribution in [3.8, 4) is 0 Å². The second-order valence-corrected chi connectivity index (χ2v) is 7.56. The lowest BCUT2D eigenvalue weighted by Gasteiger charge is -2.19. The maximum absolute atomic E-state index is 12.2. The van der Waals surface area contributed by atoms with Crippen LogP contribution in [0.4, 0.5) is 5.69 Å². The summed E-state index contributed by atoms with van der Waals surface area (Å²) in [7, 11) is -2.03. The number of aryl methyl sites for hydroxylation is 1. The Morgan fingerprint density at radius 2 is 2.00 bits per heavy atom. The third-order valence-corrected chi connectivity index (χ3v) is 4.78. The van der Waals surface area contributed by atoms with E-state index in [1.165, 1.54) is 4.31 Å². The van der Waals surface area contributed by atoms with Gasteiger partial charge in [0.25, 0.3) is 0 Å². The molecule has 2 N–H and O–H groups in total. The molecule has 120 valence electrons. The van der Waals surface area contributed by atoms with Crippen LogP contribution in [0.3, 0.4) is 0 Å². The first-order valence-corrected chi connectivity index (χ1v) is 8.78. The van der Waals surface area contributed by atoms with E-state index in [4.69, 9.17) is 11.6 Å². The molecule has 0 radical (unpaired) electrons. The van der Waals surface area contributed by atoms with Crippen molar-refractivity contribution >= 4 is 27.5 Å². The zero-order valence-corrected chi connectivity index (χ0v) is 14.6. The number of hydrogen-bond donors (Lipinski definition) is 2. The van der Waals surface area contributed by atoms with Crippen LogP contribution < -0.4 is 10.0 Å². The van der Waals surface area contributed by atoms with E-state index in [-0.39, 0.29) is 0 Å². The Morgan fingerprint density at radius 1 is 1.33 bits per heavy atom. The van der Waals surface area contributed by atoms with Gasteiger partial charge in [-0.25, -0.2) is 0 Å². The third kappa shape index (κ3) is 6.22. The quantitative estimate of drug-likeness (QED) is 0.719. The molecule has 0 amide bonds. The first kappa shape index (κ1) is 18.2. The predicted molar refractivity (Wildman–Crippen MR) is 89.1 cm³/mol. The number of nitrogens with one attached hydrogen (secondary N) is 2. The van der Waals surface area contributed by atoms with Crippen molar-refractivity contribution in [2.24, 2.45) is 0 Å². The summed E-state index contributed by atoms with van der Waals surface area (Å²) in [6.07, 6.45) is 0.747. The summed E-state index contributed by atoms with van der Waals surface area (Å²) in [4.78, 5) is 0. The van der Waals surface area contributed by atoms with Crippen LogP contribution >= 0.6 is 11.6 Å². The summed E-state index contributed by atoms with van der Waals surface area (Å²) in [5.74, 6) is 0. The van der Waals surface area contributed by atoms with Gasteiger partial charge in [0.1, 0.15) is 0 Å². The lowest BCUT2D eigenvalue weighted by molar-refractivity contribution is 0.451. The van der Waals surface area contributed by atoms with Crippen LogP contribution in [0.1, 0.15) is 25.8 Å². The number of rotatable bonds is 8. The lowest BCUT2D eigenvalue weighted by atomic mass is 10.2. The van der Waals surface area contributed by atoms with E-state index in [2.05, 4.69) is 23.9 Å². The fourth-order valence-electron chi connectivity index (χ4n) is 1.75. The van der Waals surface area contributed by atoms with Gasteiger partial charge in [0.15, 0.2) is 0 Å². The molecule has 1 aromatic carbocycles. The molecule has 7 heteroatoms. The Kier molecular flexibility index (Phi) is 6.93.